The van der Waals surface area contributed by atoms with E-state index in [1.165, 1.54) is 36.4 Å². The first kappa shape index (κ1) is 21.5. The van der Waals surface area contributed by atoms with Gasteiger partial charge in [-0.25, -0.2) is 18.8 Å². The van der Waals surface area contributed by atoms with Gasteiger partial charge in [0.05, 0.1) is 31.8 Å². The monoisotopic (exact) mass is 403 g/mol. The Labute approximate surface area is 165 Å². The highest BCUT2D eigenvalue weighted by molar-refractivity contribution is 5.96. The van der Waals surface area contributed by atoms with E-state index in [1.54, 1.807) is 6.07 Å². The van der Waals surface area contributed by atoms with E-state index in [4.69, 9.17) is 4.74 Å². The molecule has 0 saturated heterocycles. The van der Waals surface area contributed by atoms with Gasteiger partial charge in [-0.3, -0.25) is 4.79 Å². The average molecular weight is 403 g/mol. The van der Waals surface area contributed by atoms with Crippen molar-refractivity contribution < 1.29 is 37.8 Å². The van der Waals surface area contributed by atoms with Crippen molar-refractivity contribution in [2.45, 2.75) is 6.42 Å². The topological polar surface area (TPSA) is 108 Å². The molecule has 0 aliphatic carbocycles. The lowest BCUT2D eigenvalue weighted by molar-refractivity contribution is -0.135. The molecule has 0 unspecified atom stereocenters. The molecule has 8 nitrogen and oxygen atoms in total. The molecule has 0 atom stereocenters. The quantitative estimate of drug-likeness (QED) is 0.553. The molecule has 152 valence electrons. The van der Waals surface area contributed by atoms with Crippen LogP contribution in [0.5, 0.6) is 5.75 Å². The van der Waals surface area contributed by atoms with Gasteiger partial charge in [0.25, 0.3) is 0 Å². The molecule has 0 aliphatic rings. The smallest absolute Gasteiger partial charge is 0.338 e. The molecule has 1 amide bonds. The van der Waals surface area contributed by atoms with Crippen LogP contribution in [0.15, 0.2) is 42.5 Å². The van der Waals surface area contributed by atoms with Gasteiger partial charge in [0.15, 0.2) is 0 Å². The van der Waals surface area contributed by atoms with E-state index < -0.39 is 36.2 Å². The number of halogens is 1. The van der Waals surface area contributed by atoms with Gasteiger partial charge in [-0.05, 0) is 35.9 Å². The van der Waals surface area contributed by atoms with Crippen LogP contribution in [-0.4, -0.2) is 44.6 Å². The van der Waals surface area contributed by atoms with Crippen molar-refractivity contribution in [2.24, 2.45) is 0 Å². The van der Waals surface area contributed by atoms with Crippen molar-refractivity contribution in [3.8, 4) is 5.75 Å². The zero-order valence-electron chi connectivity index (χ0n) is 15.7. The van der Waals surface area contributed by atoms with Crippen LogP contribution in [0.4, 0.5) is 4.39 Å². The fourth-order valence-corrected chi connectivity index (χ4v) is 2.36. The number of hydrogen-bond donors (Lipinski definition) is 1. The van der Waals surface area contributed by atoms with Crippen LogP contribution in [0, 0.1) is 5.82 Å². The maximum absolute atomic E-state index is 13.1. The Morgan fingerprint density at radius 3 is 2.10 bits per heavy atom. The molecule has 2 aromatic rings. The molecule has 29 heavy (non-hydrogen) atoms. The number of hydrogen-bond acceptors (Lipinski definition) is 7. The molecule has 2 aromatic carbocycles. The van der Waals surface area contributed by atoms with Gasteiger partial charge in [-0.15, -0.1) is 0 Å². The van der Waals surface area contributed by atoms with Crippen LogP contribution >= 0.6 is 0 Å². The van der Waals surface area contributed by atoms with Gasteiger partial charge in [0.2, 0.25) is 5.91 Å². The summed E-state index contributed by atoms with van der Waals surface area (Å²) in [6, 6.07) is 9.17. The molecule has 0 radical (unpaired) electrons. The van der Waals surface area contributed by atoms with Crippen LogP contribution in [0.2, 0.25) is 0 Å². The first-order valence-electron chi connectivity index (χ1n) is 8.36. The average Bonchev–Trinajstić information content (AvgIpc) is 2.70. The third kappa shape index (κ3) is 6.42. The third-order valence-corrected chi connectivity index (χ3v) is 3.66. The summed E-state index contributed by atoms with van der Waals surface area (Å²) in [6.45, 7) is -0.468. The summed E-state index contributed by atoms with van der Waals surface area (Å²) in [5.41, 5.74) is 0.408. The standard InChI is InChI=1S/C20H18FNO7/c1-27-19(25)13-8-14(20(26)28-2)10-16(9-13)29-18(24)11-22-17(23)7-12-4-3-5-15(21)6-12/h3-6,8-10H,7,11H2,1-2H3,(H,22,23). The van der Waals surface area contributed by atoms with E-state index >= 15 is 0 Å². The molecule has 0 aliphatic heterocycles. The minimum atomic E-state index is -0.838. The zero-order valence-corrected chi connectivity index (χ0v) is 15.7. The van der Waals surface area contributed by atoms with Crippen LogP contribution < -0.4 is 10.1 Å². The molecule has 2 rings (SSSR count). The van der Waals surface area contributed by atoms with E-state index in [9.17, 15) is 23.6 Å². The highest BCUT2D eigenvalue weighted by atomic mass is 19.1. The first-order chi connectivity index (χ1) is 13.8. The maximum Gasteiger partial charge on any atom is 0.338 e. The van der Waals surface area contributed by atoms with Crippen molar-refractivity contribution in [3.63, 3.8) is 0 Å². The highest BCUT2D eigenvalue weighted by Crippen LogP contribution is 2.19. The summed E-state index contributed by atoms with van der Waals surface area (Å²) >= 11 is 0. The molecule has 1 N–H and O–H groups in total. The summed E-state index contributed by atoms with van der Waals surface area (Å²) in [5.74, 6) is -3.39. The van der Waals surface area contributed by atoms with Crippen LogP contribution in [-0.2, 0) is 25.5 Å². The third-order valence-electron chi connectivity index (χ3n) is 3.66. The fraction of sp³-hybridized carbons (Fsp3) is 0.200. The van der Waals surface area contributed by atoms with Gasteiger partial charge >= 0.3 is 17.9 Å². The molecule has 0 saturated carbocycles. The number of methoxy groups -OCH3 is 2. The summed E-state index contributed by atoms with van der Waals surface area (Å²) in [7, 11) is 2.32. The minimum absolute atomic E-state index is 0.0201. The minimum Gasteiger partial charge on any atom is -0.465 e. The zero-order chi connectivity index (χ0) is 21.4. The second kappa shape index (κ2) is 9.98. The van der Waals surface area contributed by atoms with Crippen molar-refractivity contribution in [2.75, 3.05) is 20.8 Å². The summed E-state index contributed by atoms with van der Waals surface area (Å²) in [4.78, 5) is 47.3. The summed E-state index contributed by atoms with van der Waals surface area (Å²) < 4.78 is 27.4. The highest BCUT2D eigenvalue weighted by Gasteiger charge is 2.16. The maximum atomic E-state index is 13.1. The van der Waals surface area contributed by atoms with Crippen LogP contribution in [0.3, 0.4) is 0 Å². The Balaban J connectivity index is 2.01. The predicted molar refractivity (Wildman–Crippen MR) is 97.9 cm³/mol. The first-order valence-corrected chi connectivity index (χ1v) is 8.36. The van der Waals surface area contributed by atoms with Crippen LogP contribution in [0.1, 0.15) is 26.3 Å². The van der Waals surface area contributed by atoms with E-state index in [1.807, 2.05) is 0 Å². The Bertz CT molecular complexity index is 908. The van der Waals surface area contributed by atoms with Gasteiger partial charge in [0.1, 0.15) is 18.1 Å². The largest absolute Gasteiger partial charge is 0.465 e. The van der Waals surface area contributed by atoms with Gasteiger partial charge in [-0.1, -0.05) is 12.1 Å². The summed E-state index contributed by atoms with van der Waals surface area (Å²) in [6.07, 6.45) is -0.116. The number of benzene rings is 2. The molecular weight excluding hydrogens is 385 g/mol. The number of carbonyl (C=O) groups excluding carboxylic acids is 4. The SMILES string of the molecule is COC(=O)c1cc(OC(=O)CNC(=O)Cc2cccc(F)c2)cc(C(=O)OC)c1. The van der Waals surface area contributed by atoms with E-state index in [-0.39, 0.29) is 23.3 Å². The molecular formula is C20H18FNO7. The molecule has 0 bridgehead atoms. The number of rotatable bonds is 7. The van der Waals surface area contributed by atoms with E-state index in [0.29, 0.717) is 5.56 Å². The van der Waals surface area contributed by atoms with Crippen molar-refractivity contribution in [3.05, 3.63) is 65.0 Å². The number of ether oxygens (including phenoxy) is 3. The second-order valence-electron chi connectivity index (χ2n) is 5.79. The van der Waals surface area contributed by atoms with Crippen molar-refractivity contribution in [1.82, 2.24) is 5.32 Å². The molecule has 0 spiro atoms. The Kier molecular flexibility index (Phi) is 7.41. The van der Waals surface area contributed by atoms with Crippen molar-refractivity contribution in [1.29, 1.82) is 0 Å². The second-order valence-corrected chi connectivity index (χ2v) is 5.79. The van der Waals surface area contributed by atoms with Crippen molar-refractivity contribution >= 4 is 23.8 Å². The van der Waals surface area contributed by atoms with Crippen LogP contribution in [0.25, 0.3) is 0 Å². The summed E-state index contributed by atoms with van der Waals surface area (Å²) in [5, 5.41) is 2.35. The number of esters is 3. The normalized spacial score (nSPS) is 10.0. The number of nitrogens with one attached hydrogen (secondary N) is 1. The Morgan fingerprint density at radius 2 is 1.55 bits per heavy atom. The number of carbonyl (C=O) groups is 4. The molecule has 0 fully saturated rings. The molecule has 9 heteroatoms. The van der Waals surface area contributed by atoms with E-state index in [2.05, 4.69) is 14.8 Å². The lowest BCUT2D eigenvalue weighted by atomic mass is 10.1. The lowest BCUT2D eigenvalue weighted by Crippen LogP contribution is -2.33. The number of amides is 1. The van der Waals surface area contributed by atoms with Gasteiger partial charge in [-0.2, -0.15) is 0 Å². The van der Waals surface area contributed by atoms with Gasteiger partial charge in [0, 0.05) is 0 Å². The molecule has 0 aromatic heterocycles. The predicted octanol–water partition coefficient (Wildman–Crippen LogP) is 1.66. The molecule has 0 heterocycles. The Morgan fingerprint density at radius 1 is 0.931 bits per heavy atom. The van der Waals surface area contributed by atoms with Gasteiger partial charge < -0.3 is 19.5 Å². The lowest BCUT2D eigenvalue weighted by Gasteiger charge is -2.09. The van der Waals surface area contributed by atoms with E-state index in [0.717, 1.165) is 14.2 Å². The Hall–Kier alpha value is -3.75. The fourth-order valence-electron chi connectivity index (χ4n) is 2.36.